The Hall–Kier alpha value is -5.27. The second kappa shape index (κ2) is 11.8. The van der Waals surface area contributed by atoms with E-state index in [4.69, 9.17) is 14.6 Å². The minimum absolute atomic E-state index is 0.0874. The maximum atomic E-state index is 13.0. The third kappa shape index (κ3) is 6.09. The Balaban J connectivity index is 1.31. The number of alkyl halides is 3. The highest BCUT2D eigenvalue weighted by Gasteiger charge is 2.34. The SMILES string of the molecule is COc1ccc(Cn2nc(N[C@@H]3CCCN(C(=O)O)C3)c3c(Oc4ccc(-c5nc(C(F)(F)F)c[nH]5)cc4)ccnc32)cc1. The molecule has 228 valence electrons. The van der Waals surface area contributed by atoms with Gasteiger partial charge in [0.1, 0.15) is 28.5 Å². The molecule has 0 aliphatic carbocycles. The van der Waals surface area contributed by atoms with E-state index in [0.717, 1.165) is 23.9 Å². The van der Waals surface area contributed by atoms with E-state index in [0.29, 0.717) is 60.0 Å². The molecular formula is C30H28F3N7O4. The molecule has 0 spiro atoms. The van der Waals surface area contributed by atoms with E-state index in [1.54, 1.807) is 48.3 Å². The molecule has 6 rings (SSSR count). The molecule has 44 heavy (non-hydrogen) atoms. The van der Waals surface area contributed by atoms with Crippen LogP contribution in [-0.4, -0.2) is 67.1 Å². The first kappa shape index (κ1) is 28.8. The van der Waals surface area contributed by atoms with Crippen molar-refractivity contribution in [3.63, 3.8) is 0 Å². The summed E-state index contributed by atoms with van der Waals surface area (Å²) < 4.78 is 52.2. The van der Waals surface area contributed by atoms with E-state index < -0.39 is 18.0 Å². The molecule has 0 bridgehead atoms. The number of hydrogen-bond donors (Lipinski definition) is 3. The highest BCUT2D eigenvalue weighted by molar-refractivity contribution is 5.93. The van der Waals surface area contributed by atoms with Gasteiger partial charge in [-0.3, -0.25) is 0 Å². The summed E-state index contributed by atoms with van der Waals surface area (Å²) in [6, 6.07) is 15.6. The van der Waals surface area contributed by atoms with E-state index >= 15 is 0 Å². The Labute approximate surface area is 249 Å². The summed E-state index contributed by atoms with van der Waals surface area (Å²) in [5.74, 6) is 2.21. The molecule has 14 heteroatoms. The van der Waals surface area contributed by atoms with Gasteiger partial charge in [0.25, 0.3) is 0 Å². The lowest BCUT2D eigenvalue weighted by atomic mass is 10.1. The van der Waals surface area contributed by atoms with Gasteiger partial charge in [0, 0.05) is 43.2 Å². The molecule has 11 nitrogen and oxygen atoms in total. The lowest BCUT2D eigenvalue weighted by molar-refractivity contribution is -0.140. The van der Waals surface area contributed by atoms with Crippen molar-refractivity contribution >= 4 is 22.9 Å². The molecule has 5 aromatic rings. The number of amides is 1. The van der Waals surface area contributed by atoms with Crippen LogP contribution < -0.4 is 14.8 Å². The number of ether oxygens (including phenoxy) is 2. The zero-order chi connectivity index (χ0) is 30.8. The number of likely N-dealkylation sites (tertiary alicyclic amines) is 1. The van der Waals surface area contributed by atoms with Crippen LogP contribution in [0.5, 0.6) is 17.2 Å². The highest BCUT2D eigenvalue weighted by Crippen LogP contribution is 2.36. The highest BCUT2D eigenvalue weighted by atomic mass is 19.4. The second-order valence-corrected chi connectivity index (χ2v) is 10.3. The van der Waals surface area contributed by atoms with Crippen LogP contribution in [0.3, 0.4) is 0 Å². The van der Waals surface area contributed by atoms with Gasteiger partial charge in [-0.2, -0.15) is 18.3 Å². The van der Waals surface area contributed by atoms with Crippen molar-refractivity contribution in [2.24, 2.45) is 0 Å². The summed E-state index contributed by atoms with van der Waals surface area (Å²) in [5, 5.41) is 18.4. The number of H-pyrrole nitrogens is 1. The molecule has 0 saturated carbocycles. The third-order valence-corrected chi connectivity index (χ3v) is 7.34. The number of nitrogens with one attached hydrogen (secondary N) is 2. The molecule has 0 radical (unpaired) electrons. The van der Waals surface area contributed by atoms with Crippen LogP contribution in [0.4, 0.5) is 23.8 Å². The van der Waals surface area contributed by atoms with Gasteiger partial charge in [0.15, 0.2) is 17.2 Å². The topological polar surface area (TPSA) is 130 Å². The molecule has 4 heterocycles. The summed E-state index contributed by atoms with van der Waals surface area (Å²) in [6.45, 7) is 1.19. The zero-order valence-electron chi connectivity index (χ0n) is 23.5. The number of pyridine rings is 1. The number of imidazole rings is 1. The van der Waals surface area contributed by atoms with E-state index in [9.17, 15) is 23.1 Å². The molecule has 0 unspecified atom stereocenters. The van der Waals surface area contributed by atoms with Gasteiger partial charge in [0.05, 0.1) is 13.7 Å². The molecular weight excluding hydrogens is 579 g/mol. The number of fused-ring (bicyclic) bond motifs is 1. The Morgan fingerprint density at radius 1 is 1.11 bits per heavy atom. The number of hydrogen-bond acceptors (Lipinski definition) is 7. The minimum atomic E-state index is -4.54. The van der Waals surface area contributed by atoms with Gasteiger partial charge >= 0.3 is 12.3 Å². The molecule has 1 fully saturated rings. The van der Waals surface area contributed by atoms with Crippen LogP contribution in [0, 0.1) is 0 Å². The van der Waals surface area contributed by atoms with Crippen LogP contribution in [0.15, 0.2) is 67.0 Å². The molecule has 1 saturated heterocycles. The fraction of sp³-hybridized carbons (Fsp3) is 0.267. The Kier molecular flexibility index (Phi) is 7.72. The van der Waals surface area contributed by atoms with Crippen LogP contribution in [0.2, 0.25) is 0 Å². The fourth-order valence-corrected chi connectivity index (χ4v) is 5.15. The van der Waals surface area contributed by atoms with Crippen molar-refractivity contribution in [2.45, 2.75) is 31.6 Å². The van der Waals surface area contributed by atoms with Gasteiger partial charge in [-0.05, 0) is 54.8 Å². The molecule has 2 aromatic carbocycles. The number of rotatable bonds is 8. The number of piperidine rings is 1. The molecule has 1 aliphatic heterocycles. The van der Waals surface area contributed by atoms with Gasteiger partial charge < -0.3 is 29.8 Å². The van der Waals surface area contributed by atoms with Crippen molar-refractivity contribution in [3.05, 3.63) is 78.2 Å². The first-order valence-electron chi connectivity index (χ1n) is 13.8. The van der Waals surface area contributed by atoms with Crippen molar-refractivity contribution in [1.29, 1.82) is 0 Å². The van der Waals surface area contributed by atoms with Gasteiger partial charge in [-0.15, -0.1) is 0 Å². The maximum Gasteiger partial charge on any atom is 0.434 e. The minimum Gasteiger partial charge on any atom is -0.497 e. The molecule has 3 aromatic heterocycles. The quantitative estimate of drug-likeness (QED) is 0.189. The number of carboxylic acid groups (broad SMARTS) is 1. The average molecular weight is 608 g/mol. The zero-order valence-corrected chi connectivity index (χ0v) is 23.5. The van der Waals surface area contributed by atoms with Gasteiger partial charge in [-0.25, -0.2) is 19.4 Å². The monoisotopic (exact) mass is 607 g/mol. The Morgan fingerprint density at radius 3 is 2.55 bits per heavy atom. The number of methoxy groups -OCH3 is 1. The first-order valence-corrected chi connectivity index (χ1v) is 13.8. The predicted molar refractivity (Wildman–Crippen MR) is 155 cm³/mol. The predicted octanol–water partition coefficient (Wildman–Crippen LogP) is 6.24. The van der Waals surface area contributed by atoms with E-state index in [1.807, 2.05) is 24.3 Å². The Morgan fingerprint density at radius 2 is 1.86 bits per heavy atom. The number of aromatic amines is 1. The number of benzene rings is 2. The molecule has 1 atom stereocenters. The number of carbonyl (C=O) groups is 1. The van der Waals surface area contributed by atoms with Crippen LogP contribution in [0.1, 0.15) is 24.1 Å². The average Bonchev–Trinajstić information content (AvgIpc) is 3.65. The normalized spacial score (nSPS) is 15.4. The standard InChI is InChI=1S/C30H28F3N7O4/c1-43-21-8-4-18(5-9-21)16-40-28-25(27(38-40)36-20-3-2-14-39(17-20)29(41)42)23(12-13-34-28)44-22-10-6-19(7-11-22)26-35-15-24(37-26)30(31,32)33/h4-13,15,20H,2-3,14,16-17H2,1H3,(H,35,37)(H,36,38)(H,41,42)/t20-/m1/s1. The van der Waals surface area contributed by atoms with Crippen LogP contribution >= 0.6 is 0 Å². The Bertz CT molecular complexity index is 1770. The lowest BCUT2D eigenvalue weighted by Gasteiger charge is -2.31. The number of halogens is 3. The molecule has 1 amide bonds. The van der Waals surface area contributed by atoms with E-state index in [2.05, 4.69) is 20.3 Å². The van der Waals surface area contributed by atoms with Gasteiger partial charge in [0.2, 0.25) is 0 Å². The summed E-state index contributed by atoms with van der Waals surface area (Å²) in [4.78, 5) is 23.8. The van der Waals surface area contributed by atoms with Crippen molar-refractivity contribution in [1.82, 2.24) is 29.6 Å². The van der Waals surface area contributed by atoms with Crippen molar-refractivity contribution in [3.8, 4) is 28.6 Å². The summed E-state index contributed by atoms with van der Waals surface area (Å²) in [5.41, 5.74) is 0.983. The van der Waals surface area contributed by atoms with Crippen molar-refractivity contribution in [2.75, 3.05) is 25.5 Å². The van der Waals surface area contributed by atoms with Crippen LogP contribution in [-0.2, 0) is 12.7 Å². The molecule has 1 aliphatic rings. The summed E-state index contributed by atoms with van der Waals surface area (Å²) in [6.07, 6.45) is -1.61. The largest absolute Gasteiger partial charge is 0.497 e. The molecule has 3 N–H and O–H groups in total. The van der Waals surface area contributed by atoms with Gasteiger partial charge in [-0.1, -0.05) is 12.1 Å². The number of aromatic nitrogens is 5. The van der Waals surface area contributed by atoms with Crippen LogP contribution in [0.25, 0.3) is 22.4 Å². The summed E-state index contributed by atoms with van der Waals surface area (Å²) >= 11 is 0. The van der Waals surface area contributed by atoms with E-state index in [1.165, 1.54) is 4.90 Å². The lowest BCUT2D eigenvalue weighted by Crippen LogP contribution is -2.44. The number of anilines is 1. The smallest absolute Gasteiger partial charge is 0.434 e. The summed E-state index contributed by atoms with van der Waals surface area (Å²) in [7, 11) is 1.60. The maximum absolute atomic E-state index is 13.0. The number of nitrogens with zero attached hydrogens (tertiary/aromatic N) is 5. The second-order valence-electron chi connectivity index (χ2n) is 10.3. The first-order chi connectivity index (χ1) is 21.2. The van der Waals surface area contributed by atoms with E-state index in [-0.39, 0.29) is 11.9 Å². The third-order valence-electron chi connectivity index (χ3n) is 7.34. The van der Waals surface area contributed by atoms with Crippen molar-refractivity contribution < 1.29 is 32.5 Å². The fourth-order valence-electron chi connectivity index (χ4n) is 5.15.